The predicted octanol–water partition coefficient (Wildman–Crippen LogP) is 1.10. The van der Waals surface area contributed by atoms with Gasteiger partial charge in [-0.15, -0.1) is 0 Å². The van der Waals surface area contributed by atoms with Crippen LogP contribution in [0.4, 0.5) is 0 Å². The van der Waals surface area contributed by atoms with Gasteiger partial charge in [0.05, 0.1) is 11.5 Å². The Balaban J connectivity index is 1.84. The highest BCUT2D eigenvalue weighted by Crippen LogP contribution is 2.32. The summed E-state index contributed by atoms with van der Waals surface area (Å²) in [6.07, 6.45) is 5.41. The van der Waals surface area contributed by atoms with Crippen molar-refractivity contribution in [1.29, 1.82) is 0 Å². The van der Waals surface area contributed by atoms with Crippen molar-refractivity contribution in [3.05, 3.63) is 0 Å². The predicted molar refractivity (Wildman–Crippen MR) is 57.1 cm³/mol. The fourth-order valence-corrected chi connectivity index (χ4v) is 3.87. The standard InChI is InChI=1S/C10H19NO2S/c1-10(5-2-6-10)11-9-3-7-14(12,13)8-4-9/h9,11H,2-8H2,1H3. The van der Waals surface area contributed by atoms with Crippen LogP contribution in [0.2, 0.25) is 0 Å². The third-order valence-electron chi connectivity index (χ3n) is 3.56. The average Bonchev–Trinajstić information content (AvgIpc) is 2.06. The van der Waals surface area contributed by atoms with Crippen LogP contribution in [-0.2, 0) is 9.84 Å². The molecule has 3 nitrogen and oxygen atoms in total. The molecule has 0 aromatic carbocycles. The summed E-state index contributed by atoms with van der Waals surface area (Å²) in [6, 6.07) is 0.434. The van der Waals surface area contributed by atoms with Gasteiger partial charge in [-0.3, -0.25) is 0 Å². The van der Waals surface area contributed by atoms with Gasteiger partial charge in [-0.1, -0.05) is 0 Å². The van der Waals surface area contributed by atoms with E-state index in [4.69, 9.17) is 0 Å². The molecule has 0 radical (unpaired) electrons. The Kier molecular flexibility index (Phi) is 2.60. The van der Waals surface area contributed by atoms with Crippen LogP contribution >= 0.6 is 0 Å². The van der Waals surface area contributed by atoms with Gasteiger partial charge < -0.3 is 5.32 Å². The van der Waals surface area contributed by atoms with E-state index in [0.29, 0.717) is 23.1 Å². The second-order valence-electron chi connectivity index (χ2n) is 4.98. The van der Waals surface area contributed by atoms with E-state index in [0.717, 1.165) is 12.8 Å². The lowest BCUT2D eigenvalue weighted by Crippen LogP contribution is -2.54. The van der Waals surface area contributed by atoms with Crippen LogP contribution in [0.25, 0.3) is 0 Å². The number of nitrogens with one attached hydrogen (secondary N) is 1. The zero-order valence-corrected chi connectivity index (χ0v) is 9.57. The molecule has 0 aromatic heterocycles. The van der Waals surface area contributed by atoms with Crippen molar-refractivity contribution in [3.8, 4) is 0 Å². The summed E-state index contributed by atoms with van der Waals surface area (Å²) in [6.45, 7) is 2.25. The molecule has 1 aliphatic heterocycles. The first-order valence-electron chi connectivity index (χ1n) is 5.47. The van der Waals surface area contributed by atoms with E-state index >= 15 is 0 Å². The molecule has 0 aromatic rings. The second-order valence-corrected chi connectivity index (χ2v) is 7.29. The van der Waals surface area contributed by atoms with Crippen molar-refractivity contribution < 1.29 is 8.42 Å². The average molecular weight is 217 g/mol. The van der Waals surface area contributed by atoms with E-state index in [1.807, 2.05) is 0 Å². The maximum absolute atomic E-state index is 11.2. The highest BCUT2D eigenvalue weighted by atomic mass is 32.2. The van der Waals surface area contributed by atoms with Crippen molar-refractivity contribution in [1.82, 2.24) is 5.32 Å². The molecule has 1 saturated heterocycles. The van der Waals surface area contributed by atoms with E-state index in [2.05, 4.69) is 12.2 Å². The van der Waals surface area contributed by atoms with Gasteiger partial charge in [0, 0.05) is 11.6 Å². The van der Waals surface area contributed by atoms with E-state index in [9.17, 15) is 8.42 Å². The minimum absolute atomic E-state index is 0.311. The molecule has 0 amide bonds. The molecule has 1 aliphatic carbocycles. The Hall–Kier alpha value is -0.0900. The second kappa shape index (κ2) is 3.49. The number of hydrogen-bond donors (Lipinski definition) is 1. The largest absolute Gasteiger partial charge is 0.309 e. The molecule has 4 heteroatoms. The zero-order valence-electron chi connectivity index (χ0n) is 8.75. The number of rotatable bonds is 2. The maximum Gasteiger partial charge on any atom is 0.150 e. The maximum atomic E-state index is 11.2. The first-order chi connectivity index (χ1) is 6.49. The fourth-order valence-electron chi connectivity index (χ4n) is 2.38. The van der Waals surface area contributed by atoms with Gasteiger partial charge >= 0.3 is 0 Å². The molecule has 0 spiro atoms. The van der Waals surface area contributed by atoms with Gasteiger partial charge in [0.2, 0.25) is 0 Å². The molecule has 0 bridgehead atoms. The molecular weight excluding hydrogens is 198 g/mol. The summed E-state index contributed by atoms with van der Waals surface area (Å²) in [5.41, 5.74) is 0.311. The molecule has 14 heavy (non-hydrogen) atoms. The molecule has 2 aliphatic rings. The summed E-state index contributed by atoms with van der Waals surface area (Å²) in [4.78, 5) is 0. The Bertz CT molecular complexity index is 292. The summed E-state index contributed by atoms with van der Waals surface area (Å²) < 4.78 is 22.4. The summed E-state index contributed by atoms with van der Waals surface area (Å²) in [7, 11) is -2.70. The number of sulfone groups is 1. The minimum Gasteiger partial charge on any atom is -0.309 e. The van der Waals surface area contributed by atoms with E-state index in [1.165, 1.54) is 19.3 Å². The highest BCUT2D eigenvalue weighted by molar-refractivity contribution is 7.91. The lowest BCUT2D eigenvalue weighted by Gasteiger charge is -2.43. The van der Waals surface area contributed by atoms with Crippen molar-refractivity contribution in [3.63, 3.8) is 0 Å². The molecule has 1 heterocycles. The molecular formula is C10H19NO2S. The monoisotopic (exact) mass is 217 g/mol. The minimum atomic E-state index is -2.70. The molecule has 2 rings (SSSR count). The Morgan fingerprint density at radius 3 is 2.21 bits per heavy atom. The molecule has 2 fully saturated rings. The molecule has 0 atom stereocenters. The molecule has 82 valence electrons. The van der Waals surface area contributed by atoms with Crippen LogP contribution in [0.1, 0.15) is 39.0 Å². The third kappa shape index (κ3) is 2.28. The quantitative estimate of drug-likeness (QED) is 0.753. The van der Waals surface area contributed by atoms with Crippen LogP contribution in [-0.4, -0.2) is 31.5 Å². The Labute approximate surface area is 86.2 Å². The lowest BCUT2D eigenvalue weighted by atomic mass is 9.78. The molecule has 1 N–H and O–H groups in total. The van der Waals surface area contributed by atoms with Crippen LogP contribution in [0.3, 0.4) is 0 Å². The van der Waals surface area contributed by atoms with E-state index < -0.39 is 9.84 Å². The van der Waals surface area contributed by atoms with Crippen molar-refractivity contribution in [2.24, 2.45) is 0 Å². The Morgan fingerprint density at radius 2 is 1.79 bits per heavy atom. The van der Waals surface area contributed by atoms with E-state index in [-0.39, 0.29) is 0 Å². The first-order valence-corrected chi connectivity index (χ1v) is 7.29. The molecule has 1 saturated carbocycles. The van der Waals surface area contributed by atoms with Gasteiger partial charge in [-0.25, -0.2) is 8.42 Å². The summed E-state index contributed by atoms with van der Waals surface area (Å²) in [5.74, 6) is 0.751. The lowest BCUT2D eigenvalue weighted by molar-refractivity contribution is 0.180. The fraction of sp³-hybridized carbons (Fsp3) is 1.00. The zero-order chi connectivity index (χ0) is 10.2. The summed E-state index contributed by atoms with van der Waals surface area (Å²) in [5, 5.41) is 3.61. The highest BCUT2D eigenvalue weighted by Gasteiger charge is 2.35. The van der Waals surface area contributed by atoms with Crippen molar-refractivity contribution in [2.45, 2.75) is 50.6 Å². The topological polar surface area (TPSA) is 46.2 Å². The van der Waals surface area contributed by atoms with Crippen LogP contribution in [0.15, 0.2) is 0 Å². The van der Waals surface area contributed by atoms with Crippen molar-refractivity contribution in [2.75, 3.05) is 11.5 Å². The van der Waals surface area contributed by atoms with Gasteiger partial charge in [0.1, 0.15) is 9.84 Å². The van der Waals surface area contributed by atoms with Gasteiger partial charge in [-0.05, 0) is 39.0 Å². The van der Waals surface area contributed by atoms with Crippen molar-refractivity contribution >= 4 is 9.84 Å². The Morgan fingerprint density at radius 1 is 1.21 bits per heavy atom. The van der Waals surface area contributed by atoms with Gasteiger partial charge in [0.15, 0.2) is 0 Å². The van der Waals surface area contributed by atoms with Crippen LogP contribution in [0, 0.1) is 0 Å². The van der Waals surface area contributed by atoms with Gasteiger partial charge in [-0.2, -0.15) is 0 Å². The van der Waals surface area contributed by atoms with Crippen LogP contribution < -0.4 is 5.32 Å². The first kappa shape index (κ1) is 10.4. The SMILES string of the molecule is CC1(NC2CCS(=O)(=O)CC2)CCC1. The van der Waals surface area contributed by atoms with Gasteiger partial charge in [0.25, 0.3) is 0 Å². The van der Waals surface area contributed by atoms with E-state index in [1.54, 1.807) is 0 Å². The summed E-state index contributed by atoms with van der Waals surface area (Å²) >= 11 is 0. The normalized spacial score (nSPS) is 30.9. The third-order valence-corrected chi connectivity index (χ3v) is 5.28. The smallest absolute Gasteiger partial charge is 0.150 e. The number of hydrogen-bond acceptors (Lipinski definition) is 3. The molecule has 0 unspecified atom stereocenters. The van der Waals surface area contributed by atoms with Crippen LogP contribution in [0.5, 0.6) is 0 Å².